The number of nitrogens with one attached hydrogen (secondary N) is 1. The van der Waals surface area contributed by atoms with Crippen LogP contribution >= 0.6 is 0 Å². The van der Waals surface area contributed by atoms with Crippen molar-refractivity contribution in [1.29, 1.82) is 0 Å². The van der Waals surface area contributed by atoms with Crippen molar-refractivity contribution in [2.45, 2.75) is 58.5 Å². The first kappa shape index (κ1) is 19.1. The highest BCUT2D eigenvalue weighted by Crippen LogP contribution is 2.15. The van der Waals surface area contributed by atoms with Gasteiger partial charge in [-0.3, -0.25) is 4.90 Å². The predicted octanol–water partition coefficient (Wildman–Crippen LogP) is 1.32. The van der Waals surface area contributed by atoms with E-state index in [1.54, 1.807) is 13.8 Å². The second kappa shape index (κ2) is 7.89. The van der Waals surface area contributed by atoms with Gasteiger partial charge in [0.1, 0.15) is 23.2 Å². The van der Waals surface area contributed by atoms with Crippen LogP contribution < -0.4 is 4.72 Å². The summed E-state index contributed by atoms with van der Waals surface area (Å²) in [4.78, 5) is 2.33. The number of sulfonamides is 1. The molecule has 0 aliphatic carbocycles. The Labute approximate surface area is 154 Å². The fraction of sp³-hybridized carbons (Fsp3) is 0.647. The number of aromatic nitrogens is 3. The van der Waals surface area contributed by atoms with Gasteiger partial charge in [-0.25, -0.2) is 13.1 Å². The summed E-state index contributed by atoms with van der Waals surface area (Å²) in [7, 11) is -3.32. The summed E-state index contributed by atoms with van der Waals surface area (Å²) in [5, 5.41) is 7.96. The molecule has 1 N–H and O–H groups in total. The van der Waals surface area contributed by atoms with Crippen molar-refractivity contribution in [1.82, 2.24) is 24.4 Å². The van der Waals surface area contributed by atoms with E-state index in [2.05, 4.69) is 26.7 Å². The highest BCUT2D eigenvalue weighted by atomic mass is 32.2. The highest BCUT2D eigenvalue weighted by molar-refractivity contribution is 7.90. The molecule has 0 amide bonds. The smallest absolute Gasteiger partial charge is 0.214 e. The third-order valence-electron chi connectivity index (χ3n) is 4.69. The Morgan fingerprint density at radius 2 is 1.96 bits per heavy atom. The molecule has 0 radical (unpaired) electrons. The first-order valence-corrected chi connectivity index (χ1v) is 10.6. The monoisotopic (exact) mass is 381 g/mol. The summed E-state index contributed by atoms with van der Waals surface area (Å²) < 4.78 is 34.4. The molecule has 1 aliphatic heterocycles. The van der Waals surface area contributed by atoms with E-state index >= 15 is 0 Å². The number of hydrogen-bond acceptors (Lipinski definition) is 6. The SMILES string of the molecule is CCc1ccc(CN2CCc3nnc(CNS(=O)(=O)C(C)C)n3CC2)o1. The molecule has 1 aliphatic rings. The molecule has 0 fully saturated rings. The van der Waals surface area contributed by atoms with Crippen LogP contribution in [0.4, 0.5) is 0 Å². The summed E-state index contributed by atoms with van der Waals surface area (Å²) >= 11 is 0. The molecule has 0 bridgehead atoms. The first-order chi connectivity index (χ1) is 12.4. The van der Waals surface area contributed by atoms with Crippen molar-refractivity contribution in [3.63, 3.8) is 0 Å². The van der Waals surface area contributed by atoms with E-state index in [0.29, 0.717) is 5.82 Å². The molecule has 0 unspecified atom stereocenters. The summed E-state index contributed by atoms with van der Waals surface area (Å²) in [6.07, 6.45) is 1.68. The summed E-state index contributed by atoms with van der Waals surface area (Å²) in [6.45, 7) is 8.79. The third-order valence-corrected chi connectivity index (χ3v) is 6.48. The molecule has 26 heavy (non-hydrogen) atoms. The van der Waals surface area contributed by atoms with E-state index in [1.807, 2.05) is 16.7 Å². The van der Waals surface area contributed by atoms with Crippen molar-refractivity contribution in [3.8, 4) is 0 Å². The Morgan fingerprint density at radius 1 is 1.19 bits per heavy atom. The maximum atomic E-state index is 12.0. The summed E-state index contributed by atoms with van der Waals surface area (Å²) in [5.41, 5.74) is 0. The molecule has 0 aromatic carbocycles. The van der Waals surface area contributed by atoms with Crippen molar-refractivity contribution in [3.05, 3.63) is 35.3 Å². The molecular formula is C17H27N5O3S. The number of hydrogen-bond donors (Lipinski definition) is 1. The minimum absolute atomic E-state index is 0.172. The van der Waals surface area contributed by atoms with Gasteiger partial charge in [-0.1, -0.05) is 6.92 Å². The lowest BCUT2D eigenvalue weighted by Gasteiger charge is -2.18. The Balaban J connectivity index is 1.62. The molecule has 0 saturated heterocycles. The zero-order chi connectivity index (χ0) is 18.7. The molecule has 2 aromatic rings. The molecule has 0 atom stereocenters. The van der Waals surface area contributed by atoms with Gasteiger partial charge in [0.2, 0.25) is 10.0 Å². The number of rotatable bonds is 7. The molecule has 9 heteroatoms. The van der Waals surface area contributed by atoms with Gasteiger partial charge in [-0.05, 0) is 26.0 Å². The molecule has 144 valence electrons. The van der Waals surface area contributed by atoms with Crippen LogP contribution in [0.3, 0.4) is 0 Å². The quantitative estimate of drug-likeness (QED) is 0.777. The van der Waals surface area contributed by atoms with E-state index in [0.717, 1.165) is 56.4 Å². The van der Waals surface area contributed by atoms with Crippen LogP contribution in [-0.2, 0) is 42.5 Å². The van der Waals surface area contributed by atoms with Crippen molar-refractivity contribution in [2.24, 2.45) is 0 Å². The molecule has 3 heterocycles. The molecule has 8 nitrogen and oxygen atoms in total. The lowest BCUT2D eigenvalue weighted by atomic mass is 10.3. The number of fused-ring (bicyclic) bond motifs is 1. The maximum absolute atomic E-state index is 12.0. The van der Waals surface area contributed by atoms with Gasteiger partial charge in [-0.2, -0.15) is 0 Å². The van der Waals surface area contributed by atoms with E-state index in [1.165, 1.54) is 0 Å². The predicted molar refractivity (Wildman–Crippen MR) is 98.0 cm³/mol. The Kier molecular flexibility index (Phi) is 5.79. The zero-order valence-electron chi connectivity index (χ0n) is 15.6. The Hall–Kier alpha value is -1.71. The van der Waals surface area contributed by atoms with Gasteiger partial charge >= 0.3 is 0 Å². The van der Waals surface area contributed by atoms with Crippen LogP contribution in [-0.4, -0.2) is 46.4 Å². The lowest BCUT2D eigenvalue weighted by Crippen LogP contribution is -2.31. The topological polar surface area (TPSA) is 93.3 Å². The Bertz CT molecular complexity index is 840. The number of furan rings is 1. The lowest BCUT2D eigenvalue weighted by molar-refractivity contribution is 0.245. The summed E-state index contributed by atoms with van der Waals surface area (Å²) in [6, 6.07) is 4.07. The molecular weight excluding hydrogens is 354 g/mol. The van der Waals surface area contributed by atoms with E-state index in [-0.39, 0.29) is 6.54 Å². The highest BCUT2D eigenvalue weighted by Gasteiger charge is 2.21. The van der Waals surface area contributed by atoms with Gasteiger partial charge in [0, 0.05) is 32.5 Å². The normalized spacial score (nSPS) is 16.0. The van der Waals surface area contributed by atoms with Gasteiger partial charge < -0.3 is 8.98 Å². The average Bonchev–Trinajstić information content (AvgIpc) is 3.16. The maximum Gasteiger partial charge on any atom is 0.214 e. The van der Waals surface area contributed by atoms with E-state index < -0.39 is 15.3 Å². The summed E-state index contributed by atoms with van der Waals surface area (Å²) in [5.74, 6) is 3.55. The third kappa shape index (κ3) is 4.33. The van der Waals surface area contributed by atoms with Gasteiger partial charge in [0.15, 0.2) is 0 Å². The molecule has 0 saturated carbocycles. The second-order valence-electron chi connectivity index (χ2n) is 6.85. The zero-order valence-corrected chi connectivity index (χ0v) is 16.4. The van der Waals surface area contributed by atoms with Crippen LogP contribution in [0.1, 0.15) is 43.9 Å². The molecule has 2 aromatic heterocycles. The van der Waals surface area contributed by atoms with Crippen LogP contribution in [0.15, 0.2) is 16.5 Å². The fourth-order valence-electron chi connectivity index (χ4n) is 2.97. The van der Waals surface area contributed by atoms with E-state index in [9.17, 15) is 8.42 Å². The second-order valence-corrected chi connectivity index (χ2v) is 9.17. The van der Waals surface area contributed by atoms with Crippen LogP contribution in [0.2, 0.25) is 0 Å². The van der Waals surface area contributed by atoms with Crippen LogP contribution in [0, 0.1) is 0 Å². The van der Waals surface area contributed by atoms with Gasteiger partial charge in [-0.15, -0.1) is 10.2 Å². The minimum Gasteiger partial charge on any atom is -0.465 e. The molecule has 0 spiro atoms. The van der Waals surface area contributed by atoms with Crippen molar-refractivity contribution >= 4 is 10.0 Å². The van der Waals surface area contributed by atoms with Crippen LogP contribution in [0.25, 0.3) is 0 Å². The van der Waals surface area contributed by atoms with Crippen molar-refractivity contribution < 1.29 is 12.8 Å². The first-order valence-electron chi connectivity index (χ1n) is 9.08. The molecule has 3 rings (SSSR count). The van der Waals surface area contributed by atoms with Gasteiger partial charge in [0.05, 0.1) is 18.3 Å². The largest absolute Gasteiger partial charge is 0.465 e. The number of nitrogens with zero attached hydrogens (tertiary/aromatic N) is 4. The van der Waals surface area contributed by atoms with Crippen molar-refractivity contribution in [2.75, 3.05) is 13.1 Å². The minimum atomic E-state index is -3.32. The Morgan fingerprint density at radius 3 is 2.65 bits per heavy atom. The average molecular weight is 382 g/mol. The van der Waals surface area contributed by atoms with E-state index in [4.69, 9.17) is 4.42 Å². The number of aryl methyl sites for hydroxylation is 1. The fourth-order valence-corrected chi connectivity index (χ4v) is 3.63. The van der Waals surface area contributed by atoms with Crippen LogP contribution in [0.5, 0.6) is 0 Å². The standard InChI is InChI=1S/C17H27N5O3S/c1-4-14-5-6-15(25-14)12-21-8-7-16-19-20-17(22(16)10-9-21)11-18-26(23,24)13(2)3/h5-6,13,18H,4,7-12H2,1-3H3. The van der Waals surface area contributed by atoms with Gasteiger partial charge in [0.25, 0.3) is 0 Å².